The summed E-state index contributed by atoms with van der Waals surface area (Å²) >= 11 is 12.8. The third kappa shape index (κ3) is 3.78. The van der Waals surface area contributed by atoms with Gasteiger partial charge in [-0.3, -0.25) is 0 Å². The average Bonchev–Trinajstić information content (AvgIpc) is 2.43. The number of carbonyl (C=O) groups is 1. The number of ether oxygens (including phenoxy) is 2. The molecular formula is C15H11Br2ClO3. The number of benzene rings is 2. The van der Waals surface area contributed by atoms with Crippen LogP contribution in [0.25, 0.3) is 0 Å². The molecule has 3 nitrogen and oxygen atoms in total. The van der Waals surface area contributed by atoms with Crippen molar-refractivity contribution in [3.05, 3.63) is 55.4 Å². The minimum atomic E-state index is -0.506. The summed E-state index contributed by atoms with van der Waals surface area (Å²) in [5, 5.41) is 0.370. The lowest BCUT2D eigenvalue weighted by molar-refractivity contribution is 0.0732. The fourth-order valence-corrected chi connectivity index (χ4v) is 3.17. The van der Waals surface area contributed by atoms with Crippen molar-refractivity contribution in [1.29, 1.82) is 0 Å². The number of methoxy groups -OCH3 is 1. The number of carbonyl (C=O) groups excluding carboxylic acids is 1. The number of rotatable bonds is 3. The summed E-state index contributed by atoms with van der Waals surface area (Å²) in [4.78, 5) is 12.3. The van der Waals surface area contributed by atoms with Crippen molar-refractivity contribution < 1.29 is 14.3 Å². The van der Waals surface area contributed by atoms with Gasteiger partial charge < -0.3 is 9.47 Å². The van der Waals surface area contributed by atoms with Crippen molar-refractivity contribution in [2.75, 3.05) is 7.11 Å². The van der Waals surface area contributed by atoms with Crippen molar-refractivity contribution in [2.45, 2.75) is 6.92 Å². The van der Waals surface area contributed by atoms with Crippen LogP contribution in [0.3, 0.4) is 0 Å². The van der Waals surface area contributed by atoms with Gasteiger partial charge in [-0.15, -0.1) is 0 Å². The molecule has 0 atom stereocenters. The summed E-state index contributed by atoms with van der Waals surface area (Å²) in [5.74, 6) is 0.413. The lowest BCUT2D eigenvalue weighted by Gasteiger charge is -2.11. The Kier molecular flexibility index (Phi) is 5.30. The van der Waals surface area contributed by atoms with Crippen LogP contribution in [-0.4, -0.2) is 13.1 Å². The Morgan fingerprint density at radius 1 is 1.19 bits per heavy atom. The van der Waals surface area contributed by atoms with Gasteiger partial charge in [0.15, 0.2) is 5.75 Å². The molecule has 0 N–H and O–H groups in total. The molecule has 110 valence electrons. The van der Waals surface area contributed by atoms with Gasteiger partial charge in [-0.25, -0.2) is 4.79 Å². The predicted octanol–water partition coefficient (Wildman–Crippen LogP) is 5.40. The van der Waals surface area contributed by atoms with Gasteiger partial charge in [0.1, 0.15) is 5.75 Å². The maximum atomic E-state index is 12.3. The monoisotopic (exact) mass is 432 g/mol. The average molecular weight is 435 g/mol. The highest BCUT2D eigenvalue weighted by molar-refractivity contribution is 9.10. The van der Waals surface area contributed by atoms with Crippen LogP contribution in [0, 0.1) is 6.92 Å². The summed E-state index contributed by atoms with van der Waals surface area (Å²) in [7, 11) is 1.54. The molecule has 2 aromatic carbocycles. The minimum Gasteiger partial charge on any atom is -0.497 e. The Morgan fingerprint density at radius 3 is 2.52 bits per heavy atom. The van der Waals surface area contributed by atoms with Crippen molar-refractivity contribution >= 4 is 49.4 Å². The molecule has 0 aliphatic heterocycles. The van der Waals surface area contributed by atoms with Crippen molar-refractivity contribution in [3.63, 3.8) is 0 Å². The van der Waals surface area contributed by atoms with Crippen molar-refractivity contribution in [2.24, 2.45) is 0 Å². The highest BCUT2D eigenvalue weighted by Crippen LogP contribution is 2.33. The maximum Gasteiger partial charge on any atom is 0.344 e. The van der Waals surface area contributed by atoms with Gasteiger partial charge in [0.05, 0.1) is 17.7 Å². The van der Waals surface area contributed by atoms with E-state index in [2.05, 4.69) is 31.9 Å². The summed E-state index contributed by atoms with van der Waals surface area (Å²) in [6, 6.07) is 8.59. The molecule has 6 heteroatoms. The molecule has 0 heterocycles. The van der Waals surface area contributed by atoms with E-state index in [4.69, 9.17) is 21.1 Å². The highest BCUT2D eigenvalue weighted by Gasteiger charge is 2.17. The van der Waals surface area contributed by atoms with Crippen LogP contribution in [-0.2, 0) is 0 Å². The van der Waals surface area contributed by atoms with E-state index in [-0.39, 0.29) is 0 Å². The van der Waals surface area contributed by atoms with Crippen LogP contribution in [0.4, 0.5) is 0 Å². The summed E-state index contributed by atoms with van der Waals surface area (Å²) in [6.45, 7) is 1.82. The third-order valence-electron chi connectivity index (χ3n) is 2.78. The zero-order valence-corrected chi connectivity index (χ0v) is 15.2. The van der Waals surface area contributed by atoms with Gasteiger partial charge in [-0.2, -0.15) is 0 Å². The molecule has 0 radical (unpaired) electrons. The fourth-order valence-electron chi connectivity index (χ4n) is 1.75. The molecule has 0 aliphatic carbocycles. The standard InChI is InChI=1S/C15H11Br2ClO3/c1-8-5-9(16)6-13(18)14(8)21-15(19)11-7-10(20-2)3-4-12(11)17/h3-7H,1-2H3. The van der Waals surface area contributed by atoms with E-state index in [1.807, 2.05) is 13.0 Å². The Bertz CT molecular complexity index is 678. The molecule has 0 spiro atoms. The molecule has 21 heavy (non-hydrogen) atoms. The second-order valence-corrected chi connectivity index (χ2v) is 6.45. The predicted molar refractivity (Wildman–Crippen MR) is 89.5 cm³/mol. The first kappa shape index (κ1) is 16.3. The first-order chi connectivity index (χ1) is 9.92. The van der Waals surface area contributed by atoms with Gasteiger partial charge in [0.25, 0.3) is 0 Å². The molecule has 0 aliphatic rings. The Labute approximate surface area is 144 Å². The summed E-state index contributed by atoms with van der Waals surface area (Å²) in [6.07, 6.45) is 0. The van der Waals surface area contributed by atoms with E-state index >= 15 is 0 Å². The van der Waals surface area contributed by atoms with Gasteiger partial charge in [0, 0.05) is 8.95 Å². The van der Waals surface area contributed by atoms with Crippen LogP contribution in [0.5, 0.6) is 11.5 Å². The molecule has 0 fully saturated rings. The van der Waals surface area contributed by atoms with Gasteiger partial charge in [-0.05, 0) is 58.7 Å². The molecule has 0 amide bonds. The van der Waals surface area contributed by atoms with E-state index in [0.717, 1.165) is 10.0 Å². The van der Waals surface area contributed by atoms with Gasteiger partial charge in [-0.1, -0.05) is 27.5 Å². The summed E-state index contributed by atoms with van der Waals surface area (Å²) in [5.41, 5.74) is 1.13. The lowest BCUT2D eigenvalue weighted by atomic mass is 10.2. The molecule has 0 saturated heterocycles. The van der Waals surface area contributed by atoms with Crippen LogP contribution >= 0.6 is 43.5 Å². The summed E-state index contributed by atoms with van der Waals surface area (Å²) < 4.78 is 12.0. The van der Waals surface area contributed by atoms with E-state index < -0.39 is 5.97 Å². The first-order valence-corrected chi connectivity index (χ1v) is 7.90. The molecule has 0 saturated carbocycles. The largest absolute Gasteiger partial charge is 0.497 e. The smallest absolute Gasteiger partial charge is 0.344 e. The van der Waals surface area contributed by atoms with E-state index in [1.54, 1.807) is 24.3 Å². The second kappa shape index (κ2) is 6.81. The number of hydrogen-bond donors (Lipinski definition) is 0. The topological polar surface area (TPSA) is 35.5 Å². The molecule has 0 aromatic heterocycles. The number of hydrogen-bond acceptors (Lipinski definition) is 3. The lowest BCUT2D eigenvalue weighted by Crippen LogP contribution is -2.10. The normalized spacial score (nSPS) is 10.3. The van der Waals surface area contributed by atoms with Crippen LogP contribution in [0.1, 0.15) is 15.9 Å². The number of aryl methyl sites for hydroxylation is 1. The molecule has 0 bridgehead atoms. The SMILES string of the molecule is COc1ccc(Br)c(C(=O)Oc2c(C)cc(Br)cc2Cl)c1. The quantitative estimate of drug-likeness (QED) is 0.479. The minimum absolute atomic E-state index is 0.347. The third-order valence-corrected chi connectivity index (χ3v) is 4.21. The second-order valence-electron chi connectivity index (χ2n) is 4.27. The Balaban J connectivity index is 2.35. The fraction of sp³-hybridized carbons (Fsp3) is 0.133. The molecule has 2 rings (SSSR count). The maximum absolute atomic E-state index is 12.3. The number of halogens is 3. The van der Waals surface area contributed by atoms with E-state index in [9.17, 15) is 4.79 Å². The zero-order valence-electron chi connectivity index (χ0n) is 11.2. The Morgan fingerprint density at radius 2 is 1.90 bits per heavy atom. The Hall–Kier alpha value is -1.04. The van der Waals surface area contributed by atoms with Crippen LogP contribution in [0.15, 0.2) is 39.3 Å². The van der Waals surface area contributed by atoms with Crippen LogP contribution in [0.2, 0.25) is 5.02 Å². The van der Waals surface area contributed by atoms with Gasteiger partial charge >= 0.3 is 5.97 Å². The van der Waals surface area contributed by atoms with Gasteiger partial charge in [0.2, 0.25) is 0 Å². The highest BCUT2D eigenvalue weighted by atomic mass is 79.9. The van der Waals surface area contributed by atoms with E-state index in [1.165, 1.54) is 7.11 Å². The molecule has 2 aromatic rings. The zero-order chi connectivity index (χ0) is 15.6. The van der Waals surface area contributed by atoms with E-state index in [0.29, 0.717) is 26.6 Å². The first-order valence-electron chi connectivity index (χ1n) is 5.93. The van der Waals surface area contributed by atoms with Crippen molar-refractivity contribution in [1.82, 2.24) is 0 Å². The molecule has 0 unspecified atom stereocenters. The molecular weight excluding hydrogens is 423 g/mol. The van der Waals surface area contributed by atoms with Crippen molar-refractivity contribution in [3.8, 4) is 11.5 Å². The number of esters is 1. The van der Waals surface area contributed by atoms with Crippen LogP contribution < -0.4 is 9.47 Å².